The number of carbonyl (C=O) groups excluding carboxylic acids is 1. The van der Waals surface area contributed by atoms with Crippen LogP contribution in [0.5, 0.6) is 5.75 Å². The Bertz CT molecular complexity index is 749. The molecule has 144 valence electrons. The second kappa shape index (κ2) is 9.05. The number of phenols is 1. The number of para-hydroxylation sites is 1. The molecular weight excluding hydrogens is 336 g/mol. The summed E-state index contributed by atoms with van der Waals surface area (Å²) >= 11 is 0. The Balaban J connectivity index is 1.68. The first-order valence-electron chi connectivity index (χ1n) is 9.96. The molecule has 27 heavy (non-hydrogen) atoms. The minimum Gasteiger partial charge on any atom is -0.508 e. The number of amides is 1. The van der Waals surface area contributed by atoms with Crippen LogP contribution in [0.1, 0.15) is 43.7 Å². The predicted molar refractivity (Wildman–Crippen MR) is 110 cm³/mol. The predicted octanol–water partition coefficient (Wildman–Crippen LogP) is 4.50. The molecule has 1 aliphatic heterocycles. The van der Waals surface area contributed by atoms with Crippen molar-refractivity contribution in [1.29, 1.82) is 0 Å². The number of rotatable bonds is 6. The maximum absolute atomic E-state index is 12.8. The summed E-state index contributed by atoms with van der Waals surface area (Å²) in [6.45, 7) is 6.74. The molecule has 1 amide bonds. The van der Waals surface area contributed by atoms with Gasteiger partial charge >= 0.3 is 0 Å². The quantitative estimate of drug-likeness (QED) is 0.819. The number of piperidine rings is 1. The maximum Gasteiger partial charge on any atom is 0.227 e. The van der Waals surface area contributed by atoms with E-state index in [-0.39, 0.29) is 11.9 Å². The number of likely N-dealkylation sites (tertiary alicyclic amines) is 1. The number of hydrogen-bond donors (Lipinski definition) is 1. The molecule has 1 fully saturated rings. The van der Waals surface area contributed by atoms with Crippen molar-refractivity contribution in [3.63, 3.8) is 0 Å². The van der Waals surface area contributed by atoms with Crippen molar-refractivity contribution in [2.75, 3.05) is 18.0 Å². The van der Waals surface area contributed by atoms with Crippen LogP contribution in [0.25, 0.3) is 0 Å². The molecule has 0 saturated carbocycles. The molecule has 1 saturated heterocycles. The third kappa shape index (κ3) is 4.89. The van der Waals surface area contributed by atoms with E-state index in [2.05, 4.69) is 43.0 Å². The molecule has 0 aliphatic carbocycles. The van der Waals surface area contributed by atoms with Gasteiger partial charge in [-0.3, -0.25) is 9.69 Å². The number of nitrogens with zero attached hydrogens (tertiary/aromatic N) is 2. The molecule has 0 aromatic heterocycles. The summed E-state index contributed by atoms with van der Waals surface area (Å²) in [5, 5.41) is 10.0. The van der Waals surface area contributed by atoms with Gasteiger partial charge in [0.15, 0.2) is 0 Å². The van der Waals surface area contributed by atoms with E-state index in [0.29, 0.717) is 12.2 Å². The molecule has 4 heteroatoms. The number of aromatic hydroxyl groups is 1. The average molecular weight is 367 g/mol. The zero-order valence-corrected chi connectivity index (χ0v) is 16.4. The highest BCUT2D eigenvalue weighted by molar-refractivity contribution is 5.94. The van der Waals surface area contributed by atoms with E-state index >= 15 is 0 Å². The lowest BCUT2D eigenvalue weighted by Crippen LogP contribution is -2.47. The normalized spacial score (nSPS) is 15.6. The molecule has 3 rings (SSSR count). The molecule has 0 bridgehead atoms. The largest absolute Gasteiger partial charge is 0.508 e. The SMILES string of the molecule is CCCC(=O)N(c1ccc(C)cc1)C1CCN(Cc2ccccc2O)CC1. The van der Waals surface area contributed by atoms with E-state index in [1.165, 1.54) is 5.56 Å². The number of phenolic OH excluding ortho intramolecular Hbond substituents is 1. The summed E-state index contributed by atoms with van der Waals surface area (Å²) < 4.78 is 0. The first-order valence-corrected chi connectivity index (χ1v) is 9.96. The molecule has 4 nitrogen and oxygen atoms in total. The van der Waals surface area contributed by atoms with E-state index in [1.54, 1.807) is 6.07 Å². The van der Waals surface area contributed by atoms with Gasteiger partial charge in [-0.05, 0) is 44.4 Å². The van der Waals surface area contributed by atoms with Gasteiger partial charge in [0.25, 0.3) is 0 Å². The molecule has 1 aliphatic rings. The van der Waals surface area contributed by atoms with Crippen molar-refractivity contribution >= 4 is 11.6 Å². The lowest BCUT2D eigenvalue weighted by molar-refractivity contribution is -0.119. The van der Waals surface area contributed by atoms with E-state index in [1.807, 2.05) is 23.1 Å². The van der Waals surface area contributed by atoms with Gasteiger partial charge in [-0.15, -0.1) is 0 Å². The maximum atomic E-state index is 12.8. The van der Waals surface area contributed by atoms with Crippen LogP contribution in [0.3, 0.4) is 0 Å². The Morgan fingerprint density at radius 2 is 1.78 bits per heavy atom. The van der Waals surface area contributed by atoms with Crippen molar-refractivity contribution in [3.8, 4) is 5.75 Å². The molecule has 0 radical (unpaired) electrons. The van der Waals surface area contributed by atoms with Gasteiger partial charge in [-0.25, -0.2) is 0 Å². The zero-order valence-electron chi connectivity index (χ0n) is 16.4. The highest BCUT2D eigenvalue weighted by Gasteiger charge is 2.28. The number of aryl methyl sites for hydroxylation is 1. The minimum atomic E-state index is 0.223. The Hall–Kier alpha value is -2.33. The summed E-state index contributed by atoms with van der Waals surface area (Å²) in [4.78, 5) is 17.2. The molecule has 0 atom stereocenters. The second-order valence-electron chi connectivity index (χ2n) is 7.49. The topological polar surface area (TPSA) is 43.8 Å². The first-order chi connectivity index (χ1) is 13.1. The number of carbonyl (C=O) groups is 1. The smallest absolute Gasteiger partial charge is 0.227 e. The number of benzene rings is 2. The molecule has 0 unspecified atom stereocenters. The molecule has 1 N–H and O–H groups in total. The van der Waals surface area contributed by atoms with Crippen LogP contribution in [0, 0.1) is 6.92 Å². The van der Waals surface area contributed by atoms with Gasteiger partial charge < -0.3 is 10.0 Å². The fraction of sp³-hybridized carbons (Fsp3) is 0.435. The van der Waals surface area contributed by atoms with Crippen molar-refractivity contribution in [2.45, 2.75) is 52.1 Å². The molecular formula is C23H30N2O2. The van der Waals surface area contributed by atoms with Crippen LogP contribution >= 0.6 is 0 Å². The van der Waals surface area contributed by atoms with Gasteiger partial charge in [0.1, 0.15) is 5.75 Å². The standard InChI is InChI=1S/C23H30N2O2/c1-3-6-23(27)25(20-11-9-18(2)10-12-20)21-13-15-24(16-14-21)17-19-7-4-5-8-22(19)26/h4-5,7-12,21,26H,3,6,13-17H2,1-2H3. The number of hydrogen-bond acceptors (Lipinski definition) is 3. The summed E-state index contributed by atoms with van der Waals surface area (Å²) in [5.74, 6) is 0.583. The summed E-state index contributed by atoms with van der Waals surface area (Å²) in [7, 11) is 0. The summed E-state index contributed by atoms with van der Waals surface area (Å²) in [6.07, 6.45) is 3.37. The number of anilines is 1. The Labute approximate surface area is 162 Å². The Morgan fingerprint density at radius 1 is 1.11 bits per heavy atom. The van der Waals surface area contributed by atoms with Crippen molar-refractivity contribution in [3.05, 3.63) is 59.7 Å². The third-order valence-corrected chi connectivity index (χ3v) is 5.35. The minimum absolute atomic E-state index is 0.223. The lowest BCUT2D eigenvalue weighted by Gasteiger charge is -2.39. The van der Waals surface area contributed by atoms with Crippen molar-refractivity contribution < 1.29 is 9.90 Å². The molecule has 2 aromatic carbocycles. The third-order valence-electron chi connectivity index (χ3n) is 5.35. The van der Waals surface area contributed by atoms with Gasteiger partial charge in [0.2, 0.25) is 5.91 Å². The summed E-state index contributed by atoms with van der Waals surface area (Å²) in [6, 6.07) is 16.1. The lowest BCUT2D eigenvalue weighted by atomic mass is 10.0. The fourth-order valence-corrected chi connectivity index (χ4v) is 3.82. The van der Waals surface area contributed by atoms with Crippen molar-refractivity contribution in [1.82, 2.24) is 4.90 Å². The van der Waals surface area contributed by atoms with Gasteiger partial charge in [0.05, 0.1) is 0 Å². The molecule has 0 spiro atoms. The van der Waals surface area contributed by atoms with E-state index < -0.39 is 0 Å². The van der Waals surface area contributed by atoms with E-state index in [9.17, 15) is 9.90 Å². The summed E-state index contributed by atoms with van der Waals surface area (Å²) in [5.41, 5.74) is 3.19. The Kier molecular flexibility index (Phi) is 6.51. The molecule has 2 aromatic rings. The first kappa shape index (κ1) is 19.4. The van der Waals surface area contributed by atoms with Crippen LogP contribution in [0.15, 0.2) is 48.5 Å². The Morgan fingerprint density at radius 3 is 2.41 bits per heavy atom. The van der Waals surface area contributed by atoms with E-state index in [4.69, 9.17) is 0 Å². The van der Waals surface area contributed by atoms with Crippen LogP contribution in [0.4, 0.5) is 5.69 Å². The highest BCUT2D eigenvalue weighted by Crippen LogP contribution is 2.27. The fourth-order valence-electron chi connectivity index (χ4n) is 3.82. The second-order valence-corrected chi connectivity index (χ2v) is 7.49. The van der Waals surface area contributed by atoms with Crippen LogP contribution in [-0.2, 0) is 11.3 Å². The zero-order chi connectivity index (χ0) is 19.2. The molecule has 1 heterocycles. The van der Waals surface area contributed by atoms with Crippen LogP contribution in [0.2, 0.25) is 0 Å². The van der Waals surface area contributed by atoms with Gasteiger partial charge in [-0.1, -0.05) is 42.8 Å². The van der Waals surface area contributed by atoms with Crippen LogP contribution in [-0.4, -0.2) is 35.0 Å². The van der Waals surface area contributed by atoms with Crippen LogP contribution < -0.4 is 4.90 Å². The van der Waals surface area contributed by atoms with E-state index in [0.717, 1.165) is 50.1 Å². The van der Waals surface area contributed by atoms with Crippen molar-refractivity contribution in [2.24, 2.45) is 0 Å². The average Bonchev–Trinajstić information content (AvgIpc) is 2.67. The highest BCUT2D eigenvalue weighted by atomic mass is 16.3. The monoisotopic (exact) mass is 366 g/mol. The van der Waals surface area contributed by atoms with Gasteiger partial charge in [-0.2, -0.15) is 0 Å². The van der Waals surface area contributed by atoms with Gasteiger partial charge in [0, 0.05) is 43.3 Å².